The zero-order valence-corrected chi connectivity index (χ0v) is 16.0. The number of nitrogens with zero attached hydrogens (tertiary/aromatic N) is 2. The second-order valence-electron chi connectivity index (χ2n) is 6.48. The number of anilines is 1. The minimum atomic E-state index is -0.690. The molecule has 24 heavy (non-hydrogen) atoms. The van der Waals surface area contributed by atoms with E-state index in [0.717, 1.165) is 51.3 Å². The van der Waals surface area contributed by atoms with Gasteiger partial charge in [-0.05, 0) is 50.1 Å². The molecule has 1 aliphatic heterocycles. The molecule has 1 saturated heterocycles. The van der Waals surface area contributed by atoms with E-state index in [2.05, 4.69) is 45.0 Å². The van der Waals surface area contributed by atoms with Gasteiger partial charge < -0.3 is 20.6 Å². The molecule has 0 spiro atoms. The third-order valence-corrected chi connectivity index (χ3v) is 5.77. The zero-order chi connectivity index (χ0) is 17.4. The van der Waals surface area contributed by atoms with E-state index >= 15 is 0 Å². The molecule has 0 unspecified atom stereocenters. The number of rotatable bonds is 7. The van der Waals surface area contributed by atoms with Crippen LogP contribution in [0.1, 0.15) is 46.5 Å². The summed E-state index contributed by atoms with van der Waals surface area (Å²) in [5.74, 6) is 0.826. The van der Waals surface area contributed by atoms with E-state index in [1.165, 1.54) is 5.00 Å². The number of aliphatic hydroxyl groups is 1. The first kappa shape index (κ1) is 19.1. The van der Waals surface area contributed by atoms with Crippen LogP contribution in [-0.4, -0.2) is 48.9 Å². The van der Waals surface area contributed by atoms with Gasteiger partial charge in [-0.1, -0.05) is 13.8 Å². The van der Waals surface area contributed by atoms with Crippen molar-refractivity contribution in [1.82, 2.24) is 10.6 Å². The van der Waals surface area contributed by atoms with Crippen LogP contribution in [0, 0.1) is 0 Å². The van der Waals surface area contributed by atoms with Crippen molar-refractivity contribution in [3.8, 4) is 0 Å². The van der Waals surface area contributed by atoms with Gasteiger partial charge in [-0.15, -0.1) is 11.3 Å². The Bertz CT molecular complexity index is 491. The number of nitrogens with one attached hydrogen (secondary N) is 2. The monoisotopic (exact) mass is 352 g/mol. The molecule has 5 nitrogen and oxygen atoms in total. The lowest BCUT2D eigenvalue weighted by atomic mass is 9.98. The van der Waals surface area contributed by atoms with Gasteiger partial charge >= 0.3 is 0 Å². The molecule has 2 heterocycles. The molecule has 1 aromatic heterocycles. The topological polar surface area (TPSA) is 59.9 Å². The highest BCUT2D eigenvalue weighted by Gasteiger charge is 2.23. The van der Waals surface area contributed by atoms with Gasteiger partial charge in [-0.2, -0.15) is 0 Å². The third kappa shape index (κ3) is 5.38. The Balaban J connectivity index is 1.87. The second-order valence-corrected chi connectivity index (χ2v) is 7.41. The predicted octanol–water partition coefficient (Wildman–Crippen LogP) is 2.82. The van der Waals surface area contributed by atoms with Crippen LogP contribution in [0.5, 0.6) is 0 Å². The van der Waals surface area contributed by atoms with Gasteiger partial charge in [-0.25, -0.2) is 0 Å². The van der Waals surface area contributed by atoms with Gasteiger partial charge in [-0.3, -0.25) is 4.99 Å². The molecule has 1 fully saturated rings. The Morgan fingerprint density at radius 2 is 2.04 bits per heavy atom. The molecule has 0 bridgehead atoms. The summed E-state index contributed by atoms with van der Waals surface area (Å²) in [4.78, 5) is 7.08. The Morgan fingerprint density at radius 3 is 2.58 bits per heavy atom. The Labute approximate surface area is 150 Å². The molecule has 0 amide bonds. The lowest BCUT2D eigenvalue weighted by molar-refractivity contribution is 0.0417. The van der Waals surface area contributed by atoms with Crippen LogP contribution in [0.4, 0.5) is 5.00 Å². The van der Waals surface area contributed by atoms with E-state index < -0.39 is 5.60 Å². The average Bonchev–Trinajstić information content (AvgIpc) is 3.15. The molecule has 0 radical (unpaired) electrons. The van der Waals surface area contributed by atoms with Crippen LogP contribution in [-0.2, 0) is 0 Å². The van der Waals surface area contributed by atoms with E-state index in [4.69, 9.17) is 0 Å². The summed E-state index contributed by atoms with van der Waals surface area (Å²) < 4.78 is 0. The summed E-state index contributed by atoms with van der Waals surface area (Å²) in [6.07, 6.45) is 3.67. The molecule has 136 valence electrons. The molecule has 3 N–H and O–H groups in total. The number of hydrogen-bond acceptors (Lipinski definition) is 4. The summed E-state index contributed by atoms with van der Waals surface area (Å²) in [6.45, 7) is 9.53. The van der Waals surface area contributed by atoms with E-state index in [1.807, 2.05) is 25.2 Å². The Hall–Kier alpha value is -1.27. The second kappa shape index (κ2) is 9.28. The first-order valence-corrected chi connectivity index (χ1v) is 10.0. The lowest BCUT2D eigenvalue weighted by Gasteiger charge is -2.33. The van der Waals surface area contributed by atoms with Crippen LogP contribution in [0.25, 0.3) is 0 Å². The smallest absolute Gasteiger partial charge is 0.191 e. The highest BCUT2D eigenvalue weighted by Crippen LogP contribution is 2.24. The van der Waals surface area contributed by atoms with E-state index in [9.17, 15) is 5.11 Å². The van der Waals surface area contributed by atoms with Crippen molar-refractivity contribution < 1.29 is 5.11 Å². The highest BCUT2D eigenvalue weighted by atomic mass is 32.1. The van der Waals surface area contributed by atoms with Crippen LogP contribution in [0.3, 0.4) is 0 Å². The van der Waals surface area contributed by atoms with Crippen molar-refractivity contribution in [2.24, 2.45) is 4.99 Å². The van der Waals surface area contributed by atoms with Crippen LogP contribution in [0.2, 0.25) is 0 Å². The Kier molecular flexibility index (Phi) is 7.37. The van der Waals surface area contributed by atoms with E-state index in [0.29, 0.717) is 12.6 Å². The normalized spacial score (nSPS) is 17.2. The van der Waals surface area contributed by atoms with E-state index in [-0.39, 0.29) is 0 Å². The Morgan fingerprint density at radius 1 is 1.33 bits per heavy atom. The van der Waals surface area contributed by atoms with Gasteiger partial charge in [0.1, 0.15) is 0 Å². The number of aliphatic imine (C=N–C) groups is 1. The predicted molar refractivity (Wildman–Crippen MR) is 104 cm³/mol. The molecule has 0 aliphatic carbocycles. The molecular weight excluding hydrogens is 320 g/mol. The molecule has 0 saturated carbocycles. The maximum absolute atomic E-state index is 10.4. The summed E-state index contributed by atoms with van der Waals surface area (Å²) in [5, 5.41) is 20.8. The quantitative estimate of drug-likeness (QED) is 0.522. The molecular formula is C18H32N4OS. The number of piperidine rings is 1. The number of thiophene rings is 1. The lowest BCUT2D eigenvalue weighted by Crippen LogP contribution is -2.49. The third-order valence-electron chi connectivity index (χ3n) is 4.85. The first-order valence-electron chi connectivity index (χ1n) is 9.16. The van der Waals surface area contributed by atoms with E-state index in [1.54, 1.807) is 0 Å². The average molecular weight is 353 g/mol. The minimum absolute atomic E-state index is 0.440. The van der Waals surface area contributed by atoms with Crippen molar-refractivity contribution >= 4 is 22.3 Å². The summed E-state index contributed by atoms with van der Waals surface area (Å²) in [5.41, 5.74) is -0.690. The summed E-state index contributed by atoms with van der Waals surface area (Å²) >= 11 is 1.81. The van der Waals surface area contributed by atoms with Crippen molar-refractivity contribution in [2.75, 3.05) is 31.1 Å². The molecule has 1 aliphatic rings. The van der Waals surface area contributed by atoms with Crippen LogP contribution in [0.15, 0.2) is 22.5 Å². The van der Waals surface area contributed by atoms with Crippen molar-refractivity contribution in [3.63, 3.8) is 0 Å². The molecule has 0 atom stereocenters. The number of guanidine groups is 1. The largest absolute Gasteiger partial charge is 0.388 e. The first-order chi connectivity index (χ1) is 11.6. The standard InChI is InChI=1S/C18H32N4OS/c1-4-18(23,5-2)14-20-17(19-6-3)21-15-9-11-22(12-10-15)16-8-7-13-24-16/h7-8,13,15,23H,4-6,9-12,14H2,1-3H3,(H2,19,20,21). The maximum Gasteiger partial charge on any atom is 0.191 e. The molecule has 1 aromatic rings. The highest BCUT2D eigenvalue weighted by molar-refractivity contribution is 7.14. The van der Waals surface area contributed by atoms with Crippen molar-refractivity contribution in [2.45, 2.75) is 58.1 Å². The van der Waals surface area contributed by atoms with Crippen LogP contribution < -0.4 is 15.5 Å². The molecule has 6 heteroatoms. The molecule has 2 rings (SSSR count). The van der Waals surface area contributed by atoms with Crippen molar-refractivity contribution in [1.29, 1.82) is 0 Å². The molecule has 0 aromatic carbocycles. The minimum Gasteiger partial charge on any atom is -0.388 e. The summed E-state index contributed by atoms with van der Waals surface area (Å²) in [7, 11) is 0. The van der Waals surface area contributed by atoms with Gasteiger partial charge in [0.05, 0.1) is 17.1 Å². The van der Waals surface area contributed by atoms with Gasteiger partial charge in [0.15, 0.2) is 5.96 Å². The van der Waals surface area contributed by atoms with Crippen LogP contribution >= 0.6 is 11.3 Å². The van der Waals surface area contributed by atoms with Gasteiger partial charge in [0.2, 0.25) is 0 Å². The number of hydrogen-bond donors (Lipinski definition) is 3. The van der Waals surface area contributed by atoms with Gasteiger partial charge in [0.25, 0.3) is 0 Å². The van der Waals surface area contributed by atoms with Gasteiger partial charge in [0, 0.05) is 25.7 Å². The fourth-order valence-corrected chi connectivity index (χ4v) is 3.69. The summed E-state index contributed by atoms with van der Waals surface area (Å²) in [6, 6.07) is 4.75. The zero-order valence-electron chi connectivity index (χ0n) is 15.2. The fourth-order valence-electron chi connectivity index (χ4n) is 2.91. The van der Waals surface area contributed by atoms with Crippen molar-refractivity contribution in [3.05, 3.63) is 17.5 Å². The fraction of sp³-hybridized carbons (Fsp3) is 0.722. The maximum atomic E-state index is 10.4. The SMILES string of the molecule is CCNC(=NCC(O)(CC)CC)NC1CCN(c2cccs2)CC1.